The van der Waals surface area contributed by atoms with Gasteiger partial charge in [0.1, 0.15) is 5.82 Å². The number of fused-ring (bicyclic) bond motifs is 1. The lowest BCUT2D eigenvalue weighted by molar-refractivity contribution is 0.147. The summed E-state index contributed by atoms with van der Waals surface area (Å²) in [5.41, 5.74) is 2.26. The molecule has 0 saturated carbocycles. The predicted molar refractivity (Wildman–Crippen MR) is 82.0 cm³/mol. The van der Waals surface area contributed by atoms with Crippen LogP contribution in [0.25, 0.3) is 10.9 Å². The highest BCUT2D eigenvalue weighted by molar-refractivity contribution is 5.79. The van der Waals surface area contributed by atoms with Gasteiger partial charge in [0, 0.05) is 54.9 Å². The van der Waals surface area contributed by atoms with Gasteiger partial charge in [-0.3, -0.25) is 9.69 Å². The molecular formula is C16H20FN3O. The molecule has 0 spiro atoms. The highest BCUT2D eigenvalue weighted by atomic mass is 19.1. The van der Waals surface area contributed by atoms with Crippen LogP contribution in [0.4, 0.5) is 4.39 Å². The number of hydrogen-bond donors (Lipinski definition) is 1. The molecule has 1 N–H and O–H groups in total. The van der Waals surface area contributed by atoms with Gasteiger partial charge in [0.15, 0.2) is 5.43 Å². The van der Waals surface area contributed by atoms with Crippen molar-refractivity contribution in [3.05, 3.63) is 45.5 Å². The number of pyridine rings is 1. The first-order valence-corrected chi connectivity index (χ1v) is 7.26. The van der Waals surface area contributed by atoms with E-state index in [0.29, 0.717) is 17.4 Å². The number of rotatable bonds is 2. The van der Waals surface area contributed by atoms with Gasteiger partial charge in [-0.2, -0.15) is 0 Å². The maximum absolute atomic E-state index is 13.4. The molecule has 21 heavy (non-hydrogen) atoms. The van der Waals surface area contributed by atoms with Gasteiger partial charge < -0.3 is 9.88 Å². The van der Waals surface area contributed by atoms with Gasteiger partial charge in [-0.25, -0.2) is 4.39 Å². The third-order valence-corrected chi connectivity index (χ3v) is 4.25. The summed E-state index contributed by atoms with van der Waals surface area (Å²) in [6.45, 7) is 6.47. The first-order valence-electron chi connectivity index (χ1n) is 7.26. The van der Waals surface area contributed by atoms with E-state index in [0.717, 1.165) is 37.4 Å². The average Bonchev–Trinajstić information content (AvgIpc) is 2.46. The number of aryl methyl sites for hydroxylation is 1. The molecule has 1 aliphatic heterocycles. The number of hydrogen-bond acceptors (Lipinski definition) is 3. The normalized spacial score (nSPS) is 17.5. The minimum Gasteiger partial charge on any atom is -0.358 e. The highest BCUT2D eigenvalue weighted by Gasteiger charge is 2.17. The molecule has 3 rings (SSSR count). The predicted octanol–water partition coefficient (Wildman–Crippen LogP) is 1.72. The summed E-state index contributed by atoms with van der Waals surface area (Å²) in [4.78, 5) is 20.4. The zero-order chi connectivity index (χ0) is 15.0. The molecule has 0 bridgehead atoms. The summed E-state index contributed by atoms with van der Waals surface area (Å²) in [7, 11) is 2.11. The van der Waals surface area contributed by atoms with Crippen molar-refractivity contribution in [1.82, 2.24) is 14.8 Å². The summed E-state index contributed by atoms with van der Waals surface area (Å²) in [5.74, 6) is -0.373. The topological polar surface area (TPSA) is 39.3 Å². The summed E-state index contributed by atoms with van der Waals surface area (Å²) >= 11 is 0. The number of H-pyrrole nitrogens is 1. The Balaban J connectivity index is 1.96. The van der Waals surface area contributed by atoms with Gasteiger partial charge in [0.05, 0.1) is 0 Å². The quantitative estimate of drug-likeness (QED) is 0.915. The molecule has 112 valence electrons. The summed E-state index contributed by atoms with van der Waals surface area (Å²) in [5, 5.41) is 0.435. The number of aromatic amines is 1. The Morgan fingerprint density at radius 1 is 1.24 bits per heavy atom. The molecule has 2 aromatic rings. The minimum atomic E-state index is -0.373. The number of halogens is 1. The van der Waals surface area contributed by atoms with Crippen LogP contribution in [0.1, 0.15) is 11.3 Å². The maximum Gasteiger partial charge on any atom is 0.194 e. The van der Waals surface area contributed by atoms with Gasteiger partial charge in [-0.15, -0.1) is 0 Å². The van der Waals surface area contributed by atoms with E-state index in [2.05, 4.69) is 21.8 Å². The number of likely N-dealkylation sites (N-methyl/N-ethyl adjacent to an activating group) is 1. The fourth-order valence-corrected chi connectivity index (χ4v) is 2.84. The molecule has 0 unspecified atom stereocenters. The molecule has 2 heterocycles. The van der Waals surface area contributed by atoms with Gasteiger partial charge >= 0.3 is 0 Å². The van der Waals surface area contributed by atoms with Crippen molar-refractivity contribution in [2.45, 2.75) is 13.5 Å². The number of nitrogens with one attached hydrogen (secondary N) is 1. The molecule has 1 aromatic carbocycles. The van der Waals surface area contributed by atoms with Crippen LogP contribution < -0.4 is 5.43 Å². The highest BCUT2D eigenvalue weighted by Crippen LogP contribution is 2.15. The average molecular weight is 289 g/mol. The summed E-state index contributed by atoms with van der Waals surface area (Å²) in [6, 6.07) is 4.32. The van der Waals surface area contributed by atoms with Crippen molar-refractivity contribution in [1.29, 1.82) is 0 Å². The van der Waals surface area contributed by atoms with Gasteiger partial charge in [-0.1, -0.05) is 0 Å². The summed E-state index contributed by atoms with van der Waals surface area (Å²) < 4.78 is 13.4. The van der Waals surface area contributed by atoms with E-state index >= 15 is 0 Å². The van der Waals surface area contributed by atoms with Crippen LogP contribution in [0.2, 0.25) is 0 Å². The van der Waals surface area contributed by atoms with Crippen LogP contribution in [0, 0.1) is 12.7 Å². The maximum atomic E-state index is 13.4. The molecule has 0 atom stereocenters. The molecular weight excluding hydrogens is 269 g/mol. The molecule has 1 fully saturated rings. The fourth-order valence-electron chi connectivity index (χ4n) is 2.84. The zero-order valence-corrected chi connectivity index (χ0v) is 12.4. The Hall–Kier alpha value is -1.72. The molecule has 1 saturated heterocycles. The lowest BCUT2D eigenvalue weighted by atomic mass is 10.1. The van der Waals surface area contributed by atoms with E-state index < -0.39 is 0 Å². The Labute approximate surface area is 123 Å². The van der Waals surface area contributed by atoms with E-state index in [1.165, 1.54) is 12.1 Å². The van der Waals surface area contributed by atoms with Crippen molar-refractivity contribution in [3.8, 4) is 0 Å². The van der Waals surface area contributed by atoms with E-state index in [1.807, 2.05) is 6.92 Å². The molecule has 4 nitrogen and oxygen atoms in total. The number of benzene rings is 1. The van der Waals surface area contributed by atoms with Crippen molar-refractivity contribution in [2.24, 2.45) is 0 Å². The van der Waals surface area contributed by atoms with E-state index in [1.54, 1.807) is 6.07 Å². The third-order valence-electron chi connectivity index (χ3n) is 4.25. The van der Waals surface area contributed by atoms with Crippen molar-refractivity contribution < 1.29 is 4.39 Å². The SMILES string of the molecule is Cc1[nH]c2ccc(F)cc2c(=O)c1CN1CCN(C)CC1. The van der Waals surface area contributed by atoms with Crippen LogP contribution >= 0.6 is 0 Å². The summed E-state index contributed by atoms with van der Waals surface area (Å²) in [6.07, 6.45) is 0. The van der Waals surface area contributed by atoms with Gasteiger partial charge in [0.25, 0.3) is 0 Å². The zero-order valence-electron chi connectivity index (χ0n) is 12.4. The second kappa shape index (κ2) is 5.58. The Morgan fingerprint density at radius 2 is 1.95 bits per heavy atom. The van der Waals surface area contributed by atoms with Crippen molar-refractivity contribution in [3.63, 3.8) is 0 Å². The molecule has 0 aliphatic carbocycles. The molecule has 0 amide bonds. The first-order chi connectivity index (χ1) is 10.0. The molecule has 1 aromatic heterocycles. The van der Waals surface area contributed by atoms with Crippen LogP contribution in [0.3, 0.4) is 0 Å². The second-order valence-electron chi connectivity index (χ2n) is 5.83. The number of piperazine rings is 1. The lowest BCUT2D eigenvalue weighted by Crippen LogP contribution is -2.44. The Bertz CT molecular complexity index is 717. The van der Waals surface area contributed by atoms with E-state index in [4.69, 9.17) is 0 Å². The molecule has 0 radical (unpaired) electrons. The van der Waals surface area contributed by atoms with E-state index in [9.17, 15) is 9.18 Å². The fraction of sp³-hybridized carbons (Fsp3) is 0.438. The number of aromatic nitrogens is 1. The van der Waals surface area contributed by atoms with E-state index in [-0.39, 0.29) is 11.2 Å². The molecule has 1 aliphatic rings. The van der Waals surface area contributed by atoms with Gasteiger partial charge in [0.2, 0.25) is 0 Å². The largest absolute Gasteiger partial charge is 0.358 e. The third kappa shape index (κ3) is 2.84. The van der Waals surface area contributed by atoms with Crippen molar-refractivity contribution in [2.75, 3.05) is 33.2 Å². The Kier molecular flexibility index (Phi) is 3.78. The monoisotopic (exact) mass is 289 g/mol. The van der Waals surface area contributed by atoms with Crippen LogP contribution in [0.15, 0.2) is 23.0 Å². The second-order valence-corrected chi connectivity index (χ2v) is 5.83. The van der Waals surface area contributed by atoms with Crippen LogP contribution in [-0.4, -0.2) is 48.0 Å². The van der Waals surface area contributed by atoms with Crippen LogP contribution in [0.5, 0.6) is 0 Å². The molecule has 5 heteroatoms. The smallest absolute Gasteiger partial charge is 0.194 e. The van der Waals surface area contributed by atoms with Crippen molar-refractivity contribution >= 4 is 10.9 Å². The lowest BCUT2D eigenvalue weighted by Gasteiger charge is -2.32. The minimum absolute atomic E-state index is 0.0559. The van der Waals surface area contributed by atoms with Gasteiger partial charge in [-0.05, 0) is 32.2 Å². The standard InChI is InChI=1S/C16H20FN3O/c1-11-14(10-20-7-5-19(2)6-8-20)16(21)13-9-12(17)3-4-15(13)18-11/h3-4,9H,5-8,10H2,1-2H3,(H,18,21). The Morgan fingerprint density at radius 3 is 2.67 bits per heavy atom. The van der Waals surface area contributed by atoms with Crippen LogP contribution in [-0.2, 0) is 6.54 Å². The first kappa shape index (κ1) is 14.2. The number of nitrogens with zero attached hydrogens (tertiary/aromatic N) is 2.